The summed E-state index contributed by atoms with van der Waals surface area (Å²) >= 11 is 0. The fourth-order valence-corrected chi connectivity index (χ4v) is 1.26. The van der Waals surface area contributed by atoms with E-state index in [9.17, 15) is 0 Å². The van der Waals surface area contributed by atoms with Gasteiger partial charge in [-0.2, -0.15) is 5.10 Å². The Bertz CT molecular complexity index is 342. The van der Waals surface area contributed by atoms with Gasteiger partial charge in [0, 0.05) is 12.2 Å². The van der Waals surface area contributed by atoms with Crippen molar-refractivity contribution in [1.82, 2.24) is 15.1 Å². The van der Waals surface area contributed by atoms with Gasteiger partial charge in [0.25, 0.3) is 0 Å². The van der Waals surface area contributed by atoms with E-state index in [0.717, 1.165) is 18.5 Å². The lowest BCUT2D eigenvalue weighted by molar-refractivity contribution is 0.613. The molecule has 3 N–H and O–H groups in total. The van der Waals surface area contributed by atoms with Gasteiger partial charge in [0.15, 0.2) is 5.96 Å². The van der Waals surface area contributed by atoms with E-state index in [4.69, 9.17) is 5.73 Å². The Morgan fingerprint density at radius 1 is 1.69 bits per heavy atom. The molecule has 0 aromatic carbocycles. The third kappa shape index (κ3) is 4.33. The van der Waals surface area contributed by atoms with Crippen LogP contribution in [0.4, 0.5) is 0 Å². The Hall–Kier alpha value is -1.52. The maximum absolute atomic E-state index is 5.73. The molecule has 1 unspecified atom stereocenters. The van der Waals surface area contributed by atoms with Gasteiger partial charge in [0.2, 0.25) is 0 Å². The van der Waals surface area contributed by atoms with Gasteiger partial charge in [0.05, 0.1) is 19.3 Å². The molecule has 0 bridgehead atoms. The molecule has 1 atom stereocenters. The monoisotopic (exact) mass is 223 g/mol. The van der Waals surface area contributed by atoms with Crippen LogP contribution in [-0.4, -0.2) is 28.3 Å². The normalized spacial score (nSPS) is 13.8. The molecule has 0 spiro atoms. The smallest absolute Gasteiger partial charge is 0.188 e. The van der Waals surface area contributed by atoms with Crippen molar-refractivity contribution in [3.63, 3.8) is 0 Å². The summed E-state index contributed by atoms with van der Waals surface area (Å²) in [5.41, 5.74) is 6.89. The summed E-state index contributed by atoms with van der Waals surface area (Å²) in [7, 11) is 0. The van der Waals surface area contributed by atoms with Crippen molar-refractivity contribution in [2.24, 2.45) is 10.7 Å². The lowest BCUT2D eigenvalue weighted by Crippen LogP contribution is -2.38. The van der Waals surface area contributed by atoms with Gasteiger partial charge in [-0.05, 0) is 25.8 Å². The lowest BCUT2D eigenvalue weighted by Gasteiger charge is -2.11. The van der Waals surface area contributed by atoms with Crippen LogP contribution in [0, 0.1) is 6.92 Å². The molecule has 5 heteroatoms. The Kier molecular flexibility index (Phi) is 4.82. The number of rotatable bonds is 5. The molecule has 5 nitrogen and oxygen atoms in total. The molecule has 0 saturated heterocycles. The van der Waals surface area contributed by atoms with Crippen LogP contribution in [0.2, 0.25) is 0 Å². The number of nitrogens with zero attached hydrogens (tertiary/aromatic N) is 3. The van der Waals surface area contributed by atoms with Crippen molar-refractivity contribution >= 4 is 5.96 Å². The van der Waals surface area contributed by atoms with Crippen LogP contribution in [0.1, 0.15) is 25.8 Å². The van der Waals surface area contributed by atoms with Crippen LogP contribution in [0.15, 0.2) is 17.4 Å². The van der Waals surface area contributed by atoms with Gasteiger partial charge in [0.1, 0.15) is 0 Å². The Morgan fingerprint density at radius 3 is 3.00 bits per heavy atom. The van der Waals surface area contributed by atoms with Crippen molar-refractivity contribution in [1.29, 1.82) is 0 Å². The molecule has 0 aliphatic rings. The molecule has 1 aromatic rings. The molecule has 0 fully saturated rings. The van der Waals surface area contributed by atoms with Crippen molar-refractivity contribution in [2.75, 3.05) is 6.54 Å². The van der Waals surface area contributed by atoms with Crippen LogP contribution < -0.4 is 11.1 Å². The highest BCUT2D eigenvalue weighted by molar-refractivity contribution is 5.78. The van der Waals surface area contributed by atoms with Gasteiger partial charge in [-0.3, -0.25) is 9.67 Å². The second-order valence-electron chi connectivity index (χ2n) is 4.00. The summed E-state index contributed by atoms with van der Waals surface area (Å²) in [5, 5.41) is 7.30. The van der Waals surface area contributed by atoms with E-state index >= 15 is 0 Å². The topological polar surface area (TPSA) is 68.2 Å². The van der Waals surface area contributed by atoms with Crippen LogP contribution in [0.5, 0.6) is 0 Å². The first-order valence-corrected chi connectivity index (χ1v) is 5.67. The summed E-state index contributed by atoms with van der Waals surface area (Å²) in [6.45, 7) is 7.62. The van der Waals surface area contributed by atoms with Crippen LogP contribution in [-0.2, 0) is 6.54 Å². The van der Waals surface area contributed by atoms with E-state index < -0.39 is 0 Å². The average Bonchev–Trinajstić information content (AvgIpc) is 2.64. The third-order valence-electron chi connectivity index (χ3n) is 2.38. The quantitative estimate of drug-likeness (QED) is 0.575. The first-order chi connectivity index (χ1) is 7.61. The molecule has 1 aromatic heterocycles. The van der Waals surface area contributed by atoms with E-state index in [1.54, 1.807) is 0 Å². The molecule has 1 heterocycles. The number of guanidine groups is 1. The fourth-order valence-electron chi connectivity index (χ4n) is 1.26. The molecule has 0 radical (unpaired) electrons. The van der Waals surface area contributed by atoms with Crippen molar-refractivity contribution < 1.29 is 0 Å². The Morgan fingerprint density at radius 2 is 2.44 bits per heavy atom. The number of aliphatic imine (C=N–C) groups is 1. The zero-order valence-corrected chi connectivity index (χ0v) is 10.3. The predicted molar refractivity (Wildman–Crippen MR) is 66.3 cm³/mol. The second kappa shape index (κ2) is 6.15. The van der Waals surface area contributed by atoms with Gasteiger partial charge in [-0.15, -0.1) is 0 Å². The van der Waals surface area contributed by atoms with E-state index in [-0.39, 0.29) is 0 Å². The third-order valence-corrected chi connectivity index (χ3v) is 2.38. The summed E-state index contributed by atoms with van der Waals surface area (Å²) in [6, 6.07) is 0.371. The molecular weight excluding hydrogens is 202 g/mol. The molecule has 90 valence electrons. The number of hydrogen-bond acceptors (Lipinski definition) is 2. The average molecular weight is 223 g/mol. The van der Waals surface area contributed by atoms with Crippen molar-refractivity contribution in [2.45, 2.75) is 39.8 Å². The van der Waals surface area contributed by atoms with E-state index in [2.05, 4.69) is 29.3 Å². The maximum atomic E-state index is 5.73. The number of aromatic nitrogens is 2. The molecule has 16 heavy (non-hydrogen) atoms. The summed E-state index contributed by atoms with van der Waals surface area (Å²) < 4.78 is 1.87. The summed E-state index contributed by atoms with van der Waals surface area (Å²) in [4.78, 5) is 4.24. The zero-order valence-electron chi connectivity index (χ0n) is 10.3. The van der Waals surface area contributed by atoms with E-state index in [0.29, 0.717) is 18.5 Å². The minimum Gasteiger partial charge on any atom is -0.370 e. The van der Waals surface area contributed by atoms with E-state index in [1.807, 2.05) is 24.0 Å². The molecule has 0 aliphatic carbocycles. The van der Waals surface area contributed by atoms with E-state index in [1.165, 1.54) is 0 Å². The number of aryl methyl sites for hydroxylation is 1. The largest absolute Gasteiger partial charge is 0.370 e. The standard InChI is InChI=1S/C11H21N5/c1-4-10(3)15-11(12)13-5-6-16-8-9(2)7-14-16/h7-8,10H,4-6H2,1-3H3,(H3,12,13,15). The maximum Gasteiger partial charge on any atom is 0.188 e. The first-order valence-electron chi connectivity index (χ1n) is 5.67. The molecule has 0 amide bonds. The number of nitrogens with two attached hydrogens (primary N) is 1. The SMILES string of the molecule is CCC(C)NC(N)=NCCn1cc(C)cn1. The fraction of sp³-hybridized carbons (Fsp3) is 0.636. The first kappa shape index (κ1) is 12.5. The highest BCUT2D eigenvalue weighted by Gasteiger charge is 1.98. The van der Waals surface area contributed by atoms with Crippen molar-refractivity contribution in [3.8, 4) is 0 Å². The van der Waals surface area contributed by atoms with Crippen molar-refractivity contribution in [3.05, 3.63) is 18.0 Å². The van der Waals surface area contributed by atoms with Crippen LogP contribution in [0.3, 0.4) is 0 Å². The van der Waals surface area contributed by atoms with Gasteiger partial charge >= 0.3 is 0 Å². The molecule has 0 aliphatic heterocycles. The van der Waals surface area contributed by atoms with Gasteiger partial charge in [-0.1, -0.05) is 6.92 Å². The van der Waals surface area contributed by atoms with Gasteiger partial charge < -0.3 is 11.1 Å². The number of hydrogen-bond donors (Lipinski definition) is 2. The minimum absolute atomic E-state index is 0.371. The minimum atomic E-state index is 0.371. The molecule has 1 rings (SSSR count). The lowest BCUT2D eigenvalue weighted by atomic mass is 10.3. The second-order valence-corrected chi connectivity index (χ2v) is 4.00. The molecular formula is C11H21N5. The highest BCUT2D eigenvalue weighted by atomic mass is 15.3. The zero-order chi connectivity index (χ0) is 12.0. The predicted octanol–water partition coefficient (Wildman–Crippen LogP) is 0.894. The Labute approximate surface area is 96.7 Å². The summed E-state index contributed by atoms with van der Waals surface area (Å²) in [5.74, 6) is 0.512. The van der Waals surface area contributed by atoms with Crippen LogP contribution >= 0.6 is 0 Å². The number of nitrogens with one attached hydrogen (secondary N) is 1. The molecule has 0 saturated carbocycles. The highest BCUT2D eigenvalue weighted by Crippen LogP contribution is 1.93. The van der Waals surface area contributed by atoms with Gasteiger partial charge in [-0.25, -0.2) is 0 Å². The Balaban J connectivity index is 2.30. The summed E-state index contributed by atoms with van der Waals surface area (Å²) in [6.07, 6.45) is 4.87. The van der Waals surface area contributed by atoms with Crippen LogP contribution in [0.25, 0.3) is 0 Å².